The number of carbonyl (C=O) groups excluding carboxylic acids is 1. The number of amides is 1. The van der Waals surface area contributed by atoms with Gasteiger partial charge in [0.15, 0.2) is 11.4 Å². The molecule has 35 heavy (non-hydrogen) atoms. The number of alkyl halides is 3. The van der Waals surface area contributed by atoms with Crippen molar-refractivity contribution >= 4 is 29.3 Å². The quantitative estimate of drug-likeness (QED) is 0.519. The molecule has 1 N–H and O–H groups in total. The van der Waals surface area contributed by atoms with Gasteiger partial charge in [-0.1, -0.05) is 41.9 Å². The van der Waals surface area contributed by atoms with Crippen LogP contribution in [0.4, 0.5) is 13.2 Å². The average Bonchev–Trinajstić information content (AvgIpc) is 2.98. The Morgan fingerprint density at radius 2 is 1.80 bits per heavy atom. The highest BCUT2D eigenvalue weighted by Crippen LogP contribution is 2.45. The average molecular weight is 522 g/mol. The van der Waals surface area contributed by atoms with Crippen LogP contribution < -0.4 is 10.4 Å². The first kappa shape index (κ1) is 23.6. The number of hydrogen-bond acceptors (Lipinski definition) is 5. The van der Waals surface area contributed by atoms with E-state index in [2.05, 4.69) is 0 Å². The summed E-state index contributed by atoms with van der Waals surface area (Å²) in [5.74, 6) is -1.44. The molecule has 2 aliphatic heterocycles. The van der Waals surface area contributed by atoms with Crippen LogP contribution in [0.3, 0.4) is 0 Å². The van der Waals surface area contributed by atoms with E-state index >= 15 is 0 Å². The molecule has 2 aliphatic rings. The van der Waals surface area contributed by atoms with E-state index in [-0.39, 0.29) is 0 Å². The summed E-state index contributed by atoms with van der Waals surface area (Å²) in [6, 6.07) is 11.1. The van der Waals surface area contributed by atoms with E-state index in [1.54, 1.807) is 28.9 Å². The molecule has 1 aromatic heterocycles. The monoisotopic (exact) mass is 521 g/mol. The zero-order valence-electron chi connectivity index (χ0n) is 18.3. The van der Waals surface area contributed by atoms with Crippen molar-refractivity contribution in [2.24, 2.45) is 0 Å². The third-order valence-corrected chi connectivity index (χ3v) is 7.84. The second-order valence-electron chi connectivity index (χ2n) is 8.33. The van der Waals surface area contributed by atoms with Crippen LogP contribution in [0.25, 0.3) is 0 Å². The molecule has 5 rings (SSSR count). The second kappa shape index (κ2) is 8.53. The number of rotatable bonds is 2. The van der Waals surface area contributed by atoms with Gasteiger partial charge in [-0.2, -0.15) is 13.2 Å². The van der Waals surface area contributed by atoms with E-state index in [4.69, 9.17) is 11.6 Å². The molecule has 11 heteroatoms. The summed E-state index contributed by atoms with van der Waals surface area (Å²) >= 11 is 8.09. The van der Waals surface area contributed by atoms with Crippen molar-refractivity contribution < 1.29 is 23.1 Å². The standard InChI is InChI=1S/C24H19ClF3N3O3S/c1-13(24(26,27)28)29-12-31(30-10-9-18(32)22(33)21(30)23(29)34)20-14-6-4-7-17(25)16(14)11-35-19-8-3-2-5-15(19)20/h2-10,13,20,33H,11-12H2,1H3/t13-,20+/m1/s1. The molecule has 0 unspecified atom stereocenters. The Hall–Kier alpha value is -3.11. The smallest absolute Gasteiger partial charge is 0.408 e. The minimum absolute atomic E-state index is 0.440. The van der Waals surface area contributed by atoms with E-state index in [0.29, 0.717) is 15.7 Å². The Balaban J connectivity index is 1.79. The van der Waals surface area contributed by atoms with Gasteiger partial charge in [0.2, 0.25) is 5.43 Å². The van der Waals surface area contributed by atoms with Gasteiger partial charge in [-0.15, -0.1) is 11.8 Å². The number of nitrogens with zero attached hydrogens (tertiary/aromatic N) is 3. The lowest BCUT2D eigenvalue weighted by Gasteiger charge is -2.46. The van der Waals surface area contributed by atoms with Gasteiger partial charge in [0.25, 0.3) is 5.91 Å². The molecule has 3 heterocycles. The minimum Gasteiger partial charge on any atom is -0.502 e. The first-order valence-electron chi connectivity index (χ1n) is 10.7. The number of benzene rings is 2. The lowest BCUT2D eigenvalue weighted by Crippen LogP contribution is -2.60. The van der Waals surface area contributed by atoms with Crippen molar-refractivity contribution in [1.29, 1.82) is 0 Å². The number of carbonyl (C=O) groups is 1. The van der Waals surface area contributed by atoms with Gasteiger partial charge in [0.05, 0.1) is 6.04 Å². The first-order chi connectivity index (χ1) is 16.6. The van der Waals surface area contributed by atoms with Crippen molar-refractivity contribution in [1.82, 2.24) is 9.58 Å². The summed E-state index contributed by atoms with van der Waals surface area (Å²) in [6.45, 7) is 0.440. The van der Waals surface area contributed by atoms with Gasteiger partial charge < -0.3 is 10.0 Å². The molecule has 0 saturated heterocycles. The molecule has 2 atom stereocenters. The summed E-state index contributed by atoms with van der Waals surface area (Å²) in [6.07, 6.45) is -3.41. The SMILES string of the molecule is C[C@@H](N1CN([C@@H]2c3ccccc3SCc3c(Cl)cccc32)n2ccc(=O)c(O)c2C1=O)C(F)(F)F. The number of aromatic hydroxyl groups is 1. The molecule has 0 radical (unpaired) electrons. The number of hydrogen-bond donors (Lipinski definition) is 1. The molecule has 0 bridgehead atoms. The van der Waals surface area contributed by atoms with E-state index in [1.807, 2.05) is 30.3 Å². The lowest BCUT2D eigenvalue weighted by molar-refractivity contribution is -0.173. The van der Waals surface area contributed by atoms with Gasteiger partial charge >= 0.3 is 6.18 Å². The first-order valence-corrected chi connectivity index (χ1v) is 12.0. The predicted molar refractivity (Wildman–Crippen MR) is 126 cm³/mol. The Kier molecular flexibility index (Phi) is 5.76. The van der Waals surface area contributed by atoms with Crippen LogP contribution in [0.1, 0.15) is 40.1 Å². The fraction of sp³-hybridized carbons (Fsp3) is 0.250. The fourth-order valence-electron chi connectivity index (χ4n) is 4.50. The van der Waals surface area contributed by atoms with Crippen molar-refractivity contribution in [2.75, 3.05) is 11.7 Å². The molecule has 3 aromatic rings. The van der Waals surface area contributed by atoms with Crippen molar-refractivity contribution in [3.05, 3.63) is 92.4 Å². The van der Waals surface area contributed by atoms with Gasteiger partial charge in [-0.25, -0.2) is 0 Å². The second-order valence-corrected chi connectivity index (χ2v) is 9.76. The summed E-state index contributed by atoms with van der Waals surface area (Å²) in [5.41, 5.74) is 1.01. The summed E-state index contributed by atoms with van der Waals surface area (Å²) in [7, 11) is 0. The van der Waals surface area contributed by atoms with Crippen LogP contribution in [0.2, 0.25) is 5.02 Å². The highest BCUT2D eigenvalue weighted by Gasteiger charge is 2.47. The molecular formula is C24H19ClF3N3O3S. The molecule has 6 nitrogen and oxygen atoms in total. The van der Waals surface area contributed by atoms with Crippen LogP contribution in [-0.2, 0) is 5.75 Å². The van der Waals surface area contributed by atoms with Gasteiger partial charge in [-0.3, -0.25) is 19.3 Å². The van der Waals surface area contributed by atoms with Crippen molar-refractivity contribution in [3.63, 3.8) is 0 Å². The fourth-order valence-corrected chi connectivity index (χ4v) is 5.97. The third kappa shape index (κ3) is 3.84. The number of halogens is 4. The summed E-state index contributed by atoms with van der Waals surface area (Å²) in [5, 5.41) is 12.6. The van der Waals surface area contributed by atoms with E-state index < -0.39 is 47.7 Å². The van der Waals surface area contributed by atoms with E-state index in [9.17, 15) is 27.9 Å². The number of fused-ring (bicyclic) bond motifs is 3. The van der Waals surface area contributed by atoms with E-state index in [1.165, 1.54) is 10.9 Å². The Morgan fingerprint density at radius 3 is 2.54 bits per heavy atom. The molecule has 0 spiro atoms. The van der Waals surface area contributed by atoms with Crippen molar-refractivity contribution in [2.45, 2.75) is 35.8 Å². The largest absolute Gasteiger partial charge is 0.502 e. The topological polar surface area (TPSA) is 65.8 Å². The molecule has 2 aromatic carbocycles. The molecular weight excluding hydrogens is 503 g/mol. The zero-order chi connectivity index (χ0) is 25.1. The van der Waals surface area contributed by atoms with Crippen molar-refractivity contribution in [3.8, 4) is 5.75 Å². The highest BCUT2D eigenvalue weighted by molar-refractivity contribution is 7.98. The van der Waals surface area contributed by atoms with Crippen LogP contribution in [0, 0.1) is 0 Å². The van der Waals surface area contributed by atoms with Crippen LogP contribution in [0.15, 0.2) is 64.4 Å². The predicted octanol–water partition coefficient (Wildman–Crippen LogP) is 4.90. The molecule has 1 amide bonds. The maximum Gasteiger partial charge on any atom is 0.408 e. The Morgan fingerprint density at radius 1 is 1.09 bits per heavy atom. The van der Waals surface area contributed by atoms with E-state index in [0.717, 1.165) is 34.6 Å². The van der Waals surface area contributed by atoms with Crippen LogP contribution in [-0.4, -0.2) is 39.5 Å². The van der Waals surface area contributed by atoms with Gasteiger partial charge in [0, 0.05) is 27.9 Å². The Labute approximate surface area is 207 Å². The van der Waals surface area contributed by atoms with Crippen LogP contribution >= 0.6 is 23.4 Å². The molecule has 0 fully saturated rings. The summed E-state index contributed by atoms with van der Waals surface area (Å²) in [4.78, 5) is 26.9. The summed E-state index contributed by atoms with van der Waals surface area (Å²) < 4.78 is 42.6. The Bertz CT molecular complexity index is 1390. The number of pyridine rings is 1. The highest BCUT2D eigenvalue weighted by atomic mass is 35.5. The normalized spacial score (nSPS) is 18.4. The molecule has 182 valence electrons. The minimum atomic E-state index is -4.72. The molecule has 0 aliphatic carbocycles. The van der Waals surface area contributed by atoms with Gasteiger partial charge in [-0.05, 0) is 35.7 Å². The number of thioether (sulfide) groups is 1. The lowest BCUT2D eigenvalue weighted by atomic mass is 9.94. The maximum atomic E-state index is 13.8. The zero-order valence-corrected chi connectivity index (χ0v) is 19.9. The molecule has 0 saturated carbocycles. The van der Waals surface area contributed by atoms with Gasteiger partial charge in [0.1, 0.15) is 12.7 Å². The third-order valence-electron chi connectivity index (χ3n) is 6.37. The number of aromatic nitrogens is 1. The maximum absolute atomic E-state index is 13.8. The van der Waals surface area contributed by atoms with Crippen LogP contribution in [0.5, 0.6) is 5.75 Å².